The van der Waals surface area contributed by atoms with Crippen molar-refractivity contribution in [1.29, 1.82) is 0 Å². The van der Waals surface area contributed by atoms with Gasteiger partial charge < -0.3 is 15.5 Å². The molecular formula is C16H25Cl2N3O. The summed E-state index contributed by atoms with van der Waals surface area (Å²) in [6.45, 7) is 8.19. The van der Waals surface area contributed by atoms with Gasteiger partial charge in [-0.3, -0.25) is 4.79 Å². The fourth-order valence-corrected chi connectivity index (χ4v) is 3.14. The first-order valence-corrected chi connectivity index (χ1v) is 7.59. The van der Waals surface area contributed by atoms with Gasteiger partial charge in [0, 0.05) is 31.7 Å². The van der Waals surface area contributed by atoms with Gasteiger partial charge in [0.15, 0.2) is 0 Å². The second kappa shape index (κ2) is 8.73. The molecule has 2 aliphatic rings. The lowest BCUT2D eigenvalue weighted by Crippen LogP contribution is -2.31. The highest BCUT2D eigenvalue weighted by molar-refractivity contribution is 5.94. The number of benzene rings is 1. The van der Waals surface area contributed by atoms with Crippen molar-refractivity contribution in [2.45, 2.75) is 26.4 Å². The van der Waals surface area contributed by atoms with E-state index in [4.69, 9.17) is 0 Å². The van der Waals surface area contributed by atoms with Crippen LogP contribution in [0.3, 0.4) is 0 Å². The zero-order chi connectivity index (χ0) is 13.9. The Hall–Kier alpha value is -0.810. The summed E-state index contributed by atoms with van der Waals surface area (Å²) in [5.74, 6) is 0.671. The summed E-state index contributed by atoms with van der Waals surface area (Å²) in [5.41, 5.74) is 3.37. The molecule has 1 fully saturated rings. The van der Waals surface area contributed by atoms with Crippen LogP contribution in [-0.4, -0.2) is 37.0 Å². The maximum atomic E-state index is 12.2. The van der Waals surface area contributed by atoms with E-state index in [-0.39, 0.29) is 30.7 Å². The van der Waals surface area contributed by atoms with Crippen molar-refractivity contribution in [1.82, 2.24) is 15.5 Å². The van der Waals surface area contributed by atoms with E-state index >= 15 is 0 Å². The Labute approximate surface area is 144 Å². The van der Waals surface area contributed by atoms with Crippen LogP contribution in [0.5, 0.6) is 0 Å². The van der Waals surface area contributed by atoms with Crippen molar-refractivity contribution in [3.05, 3.63) is 34.9 Å². The lowest BCUT2D eigenvalue weighted by Gasteiger charge is -2.14. The number of likely N-dealkylation sites (tertiary alicyclic amines) is 1. The molecule has 1 atom stereocenters. The van der Waals surface area contributed by atoms with Gasteiger partial charge in [0.2, 0.25) is 0 Å². The molecule has 3 rings (SSSR count). The predicted molar refractivity (Wildman–Crippen MR) is 94.0 cm³/mol. The highest BCUT2D eigenvalue weighted by atomic mass is 35.5. The molecule has 124 valence electrons. The van der Waals surface area contributed by atoms with Crippen molar-refractivity contribution in [3.8, 4) is 0 Å². The van der Waals surface area contributed by atoms with Crippen LogP contribution in [0, 0.1) is 5.92 Å². The number of carbonyl (C=O) groups excluding carboxylic acids is 1. The van der Waals surface area contributed by atoms with Crippen LogP contribution < -0.4 is 10.6 Å². The molecule has 1 saturated heterocycles. The smallest absolute Gasteiger partial charge is 0.251 e. The summed E-state index contributed by atoms with van der Waals surface area (Å²) in [6, 6.07) is 6.03. The number of nitrogens with zero attached hydrogens (tertiary/aromatic N) is 1. The SMILES string of the molecule is CCN1CCC(CNC(=O)c2ccc3c(c2)CNC3)C1.Cl.Cl. The van der Waals surface area contributed by atoms with Gasteiger partial charge in [-0.2, -0.15) is 0 Å². The summed E-state index contributed by atoms with van der Waals surface area (Å²) >= 11 is 0. The van der Waals surface area contributed by atoms with Gasteiger partial charge in [0.05, 0.1) is 0 Å². The first kappa shape index (κ1) is 19.2. The van der Waals surface area contributed by atoms with E-state index < -0.39 is 0 Å². The zero-order valence-electron chi connectivity index (χ0n) is 12.9. The second-order valence-electron chi connectivity index (χ2n) is 5.84. The molecule has 0 saturated carbocycles. The van der Waals surface area contributed by atoms with E-state index in [2.05, 4.69) is 28.5 Å². The molecule has 6 heteroatoms. The average molecular weight is 346 g/mol. The minimum Gasteiger partial charge on any atom is -0.352 e. The third-order valence-corrected chi connectivity index (χ3v) is 4.47. The summed E-state index contributed by atoms with van der Waals surface area (Å²) < 4.78 is 0. The average Bonchev–Trinajstić information content (AvgIpc) is 3.12. The minimum atomic E-state index is 0. The van der Waals surface area contributed by atoms with Crippen LogP contribution in [0.25, 0.3) is 0 Å². The minimum absolute atomic E-state index is 0. The number of carbonyl (C=O) groups is 1. The van der Waals surface area contributed by atoms with Gasteiger partial charge in [0.1, 0.15) is 0 Å². The molecule has 22 heavy (non-hydrogen) atoms. The number of fused-ring (bicyclic) bond motifs is 1. The van der Waals surface area contributed by atoms with Crippen molar-refractivity contribution in [2.24, 2.45) is 5.92 Å². The van der Waals surface area contributed by atoms with E-state index in [9.17, 15) is 4.79 Å². The Morgan fingerprint density at radius 2 is 2.09 bits per heavy atom. The molecule has 0 aliphatic carbocycles. The molecule has 0 radical (unpaired) electrons. The van der Waals surface area contributed by atoms with Crippen molar-refractivity contribution < 1.29 is 4.79 Å². The van der Waals surface area contributed by atoms with Gasteiger partial charge in [-0.15, -0.1) is 24.8 Å². The maximum absolute atomic E-state index is 12.2. The summed E-state index contributed by atoms with van der Waals surface area (Å²) in [6.07, 6.45) is 1.20. The van der Waals surface area contributed by atoms with Crippen LogP contribution in [0.2, 0.25) is 0 Å². The molecule has 0 aromatic heterocycles. The highest BCUT2D eigenvalue weighted by Gasteiger charge is 2.21. The summed E-state index contributed by atoms with van der Waals surface area (Å²) in [5, 5.41) is 6.40. The Bertz CT molecular complexity index is 510. The standard InChI is InChI=1S/C16H23N3O.2ClH/c1-2-19-6-5-12(11-19)8-18-16(20)13-3-4-14-9-17-10-15(14)7-13;;/h3-4,7,12,17H,2,5-6,8-11H2,1H3,(H,18,20);2*1H. The highest BCUT2D eigenvalue weighted by Crippen LogP contribution is 2.18. The van der Waals surface area contributed by atoms with Crippen molar-refractivity contribution in [2.75, 3.05) is 26.2 Å². The fourth-order valence-electron chi connectivity index (χ4n) is 3.14. The van der Waals surface area contributed by atoms with Crippen molar-refractivity contribution >= 4 is 30.7 Å². The Morgan fingerprint density at radius 1 is 1.32 bits per heavy atom. The third kappa shape index (κ3) is 4.35. The van der Waals surface area contributed by atoms with Crippen molar-refractivity contribution in [3.63, 3.8) is 0 Å². The van der Waals surface area contributed by atoms with Gasteiger partial charge in [0.25, 0.3) is 5.91 Å². The number of hydrogen-bond acceptors (Lipinski definition) is 3. The third-order valence-electron chi connectivity index (χ3n) is 4.47. The van der Waals surface area contributed by atoms with E-state index in [1.54, 1.807) is 0 Å². The molecule has 2 N–H and O–H groups in total. The Kier molecular flexibility index (Phi) is 7.63. The molecule has 0 spiro atoms. The fraction of sp³-hybridized carbons (Fsp3) is 0.562. The van der Waals surface area contributed by atoms with E-state index in [1.807, 2.05) is 12.1 Å². The summed E-state index contributed by atoms with van der Waals surface area (Å²) in [7, 11) is 0. The Balaban J connectivity index is 0.00000121. The summed E-state index contributed by atoms with van der Waals surface area (Å²) in [4.78, 5) is 14.6. The Morgan fingerprint density at radius 3 is 2.82 bits per heavy atom. The molecule has 2 heterocycles. The quantitative estimate of drug-likeness (QED) is 0.879. The van der Waals surface area contributed by atoms with Crippen LogP contribution in [0.4, 0.5) is 0 Å². The zero-order valence-corrected chi connectivity index (χ0v) is 14.6. The first-order chi connectivity index (χ1) is 9.76. The van der Waals surface area contributed by atoms with Crippen LogP contribution >= 0.6 is 24.8 Å². The molecule has 0 bridgehead atoms. The second-order valence-corrected chi connectivity index (χ2v) is 5.84. The maximum Gasteiger partial charge on any atom is 0.251 e. The monoisotopic (exact) mass is 345 g/mol. The molecule has 1 unspecified atom stereocenters. The van der Waals surface area contributed by atoms with Gasteiger partial charge in [-0.1, -0.05) is 13.0 Å². The predicted octanol–water partition coefficient (Wildman–Crippen LogP) is 2.21. The molecular weight excluding hydrogens is 321 g/mol. The largest absolute Gasteiger partial charge is 0.352 e. The lowest BCUT2D eigenvalue weighted by atomic mass is 10.1. The number of amides is 1. The molecule has 1 aromatic carbocycles. The van der Waals surface area contributed by atoms with E-state index in [0.717, 1.165) is 38.3 Å². The molecule has 2 aliphatic heterocycles. The molecule has 1 amide bonds. The number of nitrogens with one attached hydrogen (secondary N) is 2. The van der Waals surface area contributed by atoms with Crippen LogP contribution in [0.15, 0.2) is 18.2 Å². The van der Waals surface area contributed by atoms with E-state index in [1.165, 1.54) is 24.1 Å². The first-order valence-electron chi connectivity index (χ1n) is 7.59. The normalized spacial score (nSPS) is 20.0. The van der Waals surface area contributed by atoms with Crippen LogP contribution in [0.1, 0.15) is 34.8 Å². The molecule has 4 nitrogen and oxygen atoms in total. The number of hydrogen-bond donors (Lipinski definition) is 2. The van der Waals surface area contributed by atoms with Crippen LogP contribution in [-0.2, 0) is 13.1 Å². The van der Waals surface area contributed by atoms with Gasteiger partial charge >= 0.3 is 0 Å². The number of rotatable bonds is 4. The van der Waals surface area contributed by atoms with Gasteiger partial charge in [-0.05, 0) is 48.7 Å². The molecule has 1 aromatic rings. The topological polar surface area (TPSA) is 44.4 Å². The van der Waals surface area contributed by atoms with E-state index in [0.29, 0.717) is 5.92 Å². The van der Waals surface area contributed by atoms with Gasteiger partial charge in [-0.25, -0.2) is 0 Å². The lowest BCUT2D eigenvalue weighted by molar-refractivity contribution is 0.0947. The number of halogens is 2.